The van der Waals surface area contributed by atoms with Crippen molar-refractivity contribution >= 4 is 17.7 Å². The maximum Gasteiger partial charge on any atom is 0.274 e. The lowest BCUT2D eigenvalue weighted by Gasteiger charge is -2.30. The fraction of sp³-hybridized carbons (Fsp3) is 0.333. The maximum absolute atomic E-state index is 14.0. The fourth-order valence-corrected chi connectivity index (χ4v) is 5.61. The summed E-state index contributed by atoms with van der Waals surface area (Å²) in [6, 6.07) is 23.7. The molecule has 196 valence electrons. The smallest absolute Gasteiger partial charge is 0.274 e. The highest BCUT2D eigenvalue weighted by molar-refractivity contribution is 6.09. The number of carbonyl (C=O) groups is 1. The van der Waals surface area contributed by atoms with Gasteiger partial charge in [0.25, 0.3) is 5.91 Å². The Labute approximate surface area is 225 Å². The number of ether oxygens (including phenoxy) is 2. The van der Waals surface area contributed by atoms with E-state index in [1.54, 1.807) is 19.2 Å². The standard InChI is InChI=1S/C33H36N2O3/c1-33(2,3)25-19-17-22(18-20-25)32(36)35-31(26-13-7-9-16-29(26)38-5)27-14-10-12-24(30(27)34-35)21-23-11-6-8-15-28(23)37-4/h6-9,11,13,15-21,27,31H,10,12,14H2,1-5H3/b24-21-/t27-,31-/m0/s1. The van der Waals surface area contributed by atoms with Crippen LogP contribution in [0.2, 0.25) is 0 Å². The molecule has 1 aliphatic carbocycles. The molecule has 2 aliphatic rings. The molecule has 38 heavy (non-hydrogen) atoms. The lowest BCUT2D eigenvalue weighted by Crippen LogP contribution is -2.32. The number of allylic oxidation sites excluding steroid dienone is 1. The van der Waals surface area contributed by atoms with E-state index in [4.69, 9.17) is 14.6 Å². The third kappa shape index (κ3) is 4.85. The van der Waals surface area contributed by atoms with E-state index in [0.717, 1.165) is 53.2 Å². The monoisotopic (exact) mass is 508 g/mol. The zero-order chi connectivity index (χ0) is 26.9. The quantitative estimate of drug-likeness (QED) is 0.360. The zero-order valence-electron chi connectivity index (χ0n) is 22.9. The fourth-order valence-electron chi connectivity index (χ4n) is 5.61. The molecular formula is C33H36N2O3. The number of hydrazone groups is 1. The number of methoxy groups -OCH3 is 2. The molecule has 0 radical (unpaired) electrons. The molecule has 0 spiro atoms. The van der Waals surface area contributed by atoms with E-state index in [2.05, 4.69) is 51.1 Å². The predicted molar refractivity (Wildman–Crippen MR) is 153 cm³/mol. The largest absolute Gasteiger partial charge is 0.496 e. The summed E-state index contributed by atoms with van der Waals surface area (Å²) < 4.78 is 11.4. The van der Waals surface area contributed by atoms with Crippen LogP contribution in [-0.2, 0) is 5.41 Å². The number of carbonyl (C=O) groups excluding carboxylic acids is 1. The Hall–Kier alpha value is -3.86. The number of hydrogen-bond acceptors (Lipinski definition) is 4. The van der Waals surface area contributed by atoms with Crippen LogP contribution in [0, 0.1) is 5.92 Å². The number of nitrogens with zero attached hydrogens (tertiary/aromatic N) is 2. The van der Waals surface area contributed by atoms with Gasteiger partial charge in [-0.15, -0.1) is 0 Å². The second kappa shape index (κ2) is 10.5. The van der Waals surface area contributed by atoms with Crippen LogP contribution in [0.25, 0.3) is 6.08 Å². The van der Waals surface area contributed by atoms with Gasteiger partial charge in [0.05, 0.1) is 26.0 Å². The first-order chi connectivity index (χ1) is 18.3. The van der Waals surface area contributed by atoms with Crippen molar-refractivity contribution in [1.82, 2.24) is 5.01 Å². The van der Waals surface area contributed by atoms with Crippen molar-refractivity contribution in [3.63, 3.8) is 0 Å². The van der Waals surface area contributed by atoms with Crippen LogP contribution in [0.5, 0.6) is 11.5 Å². The Bertz CT molecular complexity index is 1380. The Morgan fingerprint density at radius 2 is 1.58 bits per heavy atom. The molecule has 0 aromatic heterocycles. The van der Waals surface area contributed by atoms with Gasteiger partial charge in [-0.1, -0.05) is 69.3 Å². The van der Waals surface area contributed by atoms with Gasteiger partial charge in [-0.25, -0.2) is 5.01 Å². The number of amides is 1. The molecule has 0 unspecified atom stereocenters. The van der Waals surface area contributed by atoms with Gasteiger partial charge in [0.2, 0.25) is 0 Å². The first-order valence-electron chi connectivity index (χ1n) is 13.3. The van der Waals surface area contributed by atoms with Gasteiger partial charge < -0.3 is 9.47 Å². The van der Waals surface area contributed by atoms with E-state index in [0.29, 0.717) is 5.56 Å². The molecule has 0 N–H and O–H groups in total. The van der Waals surface area contributed by atoms with E-state index in [1.165, 1.54) is 5.56 Å². The summed E-state index contributed by atoms with van der Waals surface area (Å²) in [5.74, 6) is 1.59. The van der Waals surface area contributed by atoms with Crippen LogP contribution < -0.4 is 9.47 Å². The Morgan fingerprint density at radius 3 is 2.26 bits per heavy atom. The van der Waals surface area contributed by atoms with Crippen LogP contribution in [0.4, 0.5) is 0 Å². The van der Waals surface area contributed by atoms with Gasteiger partial charge in [0, 0.05) is 22.6 Å². The molecule has 0 saturated heterocycles. The molecule has 1 heterocycles. The van der Waals surface area contributed by atoms with Crippen LogP contribution in [-0.4, -0.2) is 30.8 Å². The van der Waals surface area contributed by atoms with Crippen molar-refractivity contribution < 1.29 is 14.3 Å². The number of para-hydroxylation sites is 2. The van der Waals surface area contributed by atoms with Crippen molar-refractivity contribution in [1.29, 1.82) is 0 Å². The van der Waals surface area contributed by atoms with Crippen molar-refractivity contribution in [3.05, 3.63) is 101 Å². The SMILES string of the molecule is COc1ccccc1/C=C1/CCC[C@H]2C1=NN(C(=O)c1ccc(C(C)(C)C)cc1)[C@H]2c1ccccc1OC. The van der Waals surface area contributed by atoms with Crippen LogP contribution in [0.1, 0.15) is 73.1 Å². The van der Waals surface area contributed by atoms with Crippen LogP contribution in [0.15, 0.2) is 83.5 Å². The molecule has 1 amide bonds. The predicted octanol–water partition coefficient (Wildman–Crippen LogP) is 7.44. The highest BCUT2D eigenvalue weighted by atomic mass is 16.5. The molecular weight excluding hydrogens is 472 g/mol. The van der Waals surface area contributed by atoms with Crippen molar-refractivity contribution in [2.75, 3.05) is 14.2 Å². The summed E-state index contributed by atoms with van der Waals surface area (Å²) in [6.07, 6.45) is 5.07. The van der Waals surface area contributed by atoms with Crippen molar-refractivity contribution in [3.8, 4) is 11.5 Å². The summed E-state index contributed by atoms with van der Waals surface area (Å²) in [6.45, 7) is 6.52. The molecule has 1 fully saturated rings. The van der Waals surface area contributed by atoms with Gasteiger partial charge in [0.15, 0.2) is 0 Å². The van der Waals surface area contributed by atoms with E-state index in [9.17, 15) is 4.79 Å². The Balaban J connectivity index is 1.59. The lowest BCUT2D eigenvalue weighted by atomic mass is 9.77. The van der Waals surface area contributed by atoms with Gasteiger partial charge in [-0.05, 0) is 66.2 Å². The molecule has 3 aromatic carbocycles. The second-order valence-corrected chi connectivity index (χ2v) is 11.1. The number of rotatable bonds is 5. The van der Waals surface area contributed by atoms with E-state index < -0.39 is 0 Å². The Kier molecular flexibility index (Phi) is 7.11. The molecule has 5 nitrogen and oxygen atoms in total. The summed E-state index contributed by atoms with van der Waals surface area (Å²) in [7, 11) is 3.37. The number of hydrogen-bond donors (Lipinski definition) is 0. The normalized spacial score (nSPS) is 20.2. The van der Waals surface area contributed by atoms with Gasteiger partial charge in [-0.2, -0.15) is 5.10 Å². The minimum Gasteiger partial charge on any atom is -0.496 e. The summed E-state index contributed by atoms with van der Waals surface area (Å²) in [5, 5.41) is 6.76. The number of fused-ring (bicyclic) bond motifs is 1. The minimum atomic E-state index is -0.239. The first-order valence-corrected chi connectivity index (χ1v) is 13.3. The minimum absolute atomic E-state index is 0.0164. The molecule has 1 aliphatic heterocycles. The van der Waals surface area contributed by atoms with Gasteiger partial charge >= 0.3 is 0 Å². The summed E-state index contributed by atoms with van der Waals surface area (Å²) in [4.78, 5) is 14.0. The van der Waals surface area contributed by atoms with Crippen molar-refractivity contribution in [2.24, 2.45) is 11.0 Å². The third-order valence-corrected chi connectivity index (χ3v) is 7.63. The second-order valence-electron chi connectivity index (χ2n) is 11.1. The van der Waals surface area contributed by atoms with Crippen LogP contribution >= 0.6 is 0 Å². The van der Waals surface area contributed by atoms with E-state index in [1.807, 2.05) is 48.5 Å². The first kappa shape index (κ1) is 25.8. The highest BCUT2D eigenvalue weighted by Crippen LogP contribution is 2.47. The van der Waals surface area contributed by atoms with Gasteiger partial charge in [0.1, 0.15) is 11.5 Å². The summed E-state index contributed by atoms with van der Waals surface area (Å²) >= 11 is 0. The maximum atomic E-state index is 14.0. The molecule has 5 rings (SSSR count). The average molecular weight is 509 g/mol. The Morgan fingerprint density at radius 1 is 0.921 bits per heavy atom. The topological polar surface area (TPSA) is 51.1 Å². The molecule has 0 bridgehead atoms. The summed E-state index contributed by atoms with van der Waals surface area (Å²) in [5.41, 5.74) is 5.99. The third-order valence-electron chi connectivity index (χ3n) is 7.63. The molecule has 2 atom stereocenters. The zero-order valence-corrected chi connectivity index (χ0v) is 22.9. The molecule has 5 heteroatoms. The molecule has 1 saturated carbocycles. The van der Waals surface area contributed by atoms with E-state index in [-0.39, 0.29) is 23.3 Å². The van der Waals surface area contributed by atoms with Gasteiger partial charge in [-0.3, -0.25) is 4.79 Å². The highest BCUT2D eigenvalue weighted by Gasteiger charge is 2.45. The number of benzene rings is 3. The van der Waals surface area contributed by atoms with Crippen molar-refractivity contribution in [2.45, 2.75) is 51.5 Å². The molecule has 3 aromatic rings. The average Bonchev–Trinajstić information content (AvgIpc) is 3.33. The van der Waals surface area contributed by atoms with E-state index >= 15 is 0 Å². The van der Waals surface area contributed by atoms with Crippen LogP contribution in [0.3, 0.4) is 0 Å². The lowest BCUT2D eigenvalue weighted by molar-refractivity contribution is 0.0678.